The highest BCUT2D eigenvalue weighted by Crippen LogP contribution is 2.12. The Bertz CT molecular complexity index is 538. The molecule has 0 saturated carbocycles. The van der Waals surface area contributed by atoms with Crippen molar-refractivity contribution < 1.29 is 4.79 Å². The summed E-state index contributed by atoms with van der Waals surface area (Å²) >= 11 is 1.74. The van der Waals surface area contributed by atoms with Crippen molar-refractivity contribution in [3.8, 4) is 0 Å². The SMILES string of the molecule is CCC(CSC)NC(=O)c1ccc2nc[nH]c2c1. The van der Waals surface area contributed by atoms with Crippen molar-refractivity contribution in [2.45, 2.75) is 19.4 Å². The minimum atomic E-state index is -0.0209. The van der Waals surface area contributed by atoms with Gasteiger partial charge in [0.1, 0.15) is 0 Å². The second kappa shape index (κ2) is 5.91. The molecule has 2 rings (SSSR count). The van der Waals surface area contributed by atoms with E-state index in [4.69, 9.17) is 0 Å². The number of nitrogens with zero attached hydrogens (tertiary/aromatic N) is 1. The third-order valence-electron chi connectivity index (χ3n) is 2.88. The number of aromatic amines is 1. The van der Waals surface area contributed by atoms with Crippen molar-refractivity contribution in [2.24, 2.45) is 0 Å². The molecule has 2 aromatic rings. The molecule has 0 bridgehead atoms. The number of hydrogen-bond acceptors (Lipinski definition) is 3. The first-order chi connectivity index (χ1) is 8.74. The van der Waals surface area contributed by atoms with Crippen LogP contribution in [0.3, 0.4) is 0 Å². The van der Waals surface area contributed by atoms with Crippen LogP contribution >= 0.6 is 11.8 Å². The lowest BCUT2D eigenvalue weighted by atomic mass is 10.1. The first kappa shape index (κ1) is 13.0. The predicted octanol–water partition coefficient (Wildman–Crippen LogP) is 2.43. The Kier molecular flexibility index (Phi) is 4.25. The van der Waals surface area contributed by atoms with Crippen LogP contribution in [-0.2, 0) is 0 Å². The molecular weight excluding hydrogens is 246 g/mol. The van der Waals surface area contributed by atoms with Crippen molar-refractivity contribution in [3.05, 3.63) is 30.1 Å². The van der Waals surface area contributed by atoms with Crippen molar-refractivity contribution in [1.29, 1.82) is 0 Å². The van der Waals surface area contributed by atoms with Gasteiger partial charge < -0.3 is 10.3 Å². The molecule has 0 aliphatic heterocycles. The third-order valence-corrected chi connectivity index (χ3v) is 3.61. The maximum absolute atomic E-state index is 12.1. The Morgan fingerprint density at radius 1 is 1.56 bits per heavy atom. The highest BCUT2D eigenvalue weighted by atomic mass is 32.2. The summed E-state index contributed by atoms with van der Waals surface area (Å²) in [6.45, 7) is 2.08. The van der Waals surface area contributed by atoms with Gasteiger partial charge in [-0.3, -0.25) is 4.79 Å². The second-order valence-electron chi connectivity index (χ2n) is 4.17. The number of aromatic nitrogens is 2. The van der Waals surface area contributed by atoms with Crippen LogP contribution in [0.1, 0.15) is 23.7 Å². The molecule has 1 aromatic heterocycles. The molecule has 2 N–H and O–H groups in total. The quantitative estimate of drug-likeness (QED) is 0.871. The van der Waals surface area contributed by atoms with E-state index < -0.39 is 0 Å². The molecule has 1 atom stereocenters. The summed E-state index contributed by atoms with van der Waals surface area (Å²) in [5.41, 5.74) is 2.44. The van der Waals surface area contributed by atoms with Crippen LogP contribution in [0.25, 0.3) is 11.0 Å². The van der Waals surface area contributed by atoms with Gasteiger partial charge in [-0.05, 0) is 30.9 Å². The minimum Gasteiger partial charge on any atom is -0.348 e. The number of imidazole rings is 1. The topological polar surface area (TPSA) is 57.8 Å². The van der Waals surface area contributed by atoms with Crippen LogP contribution < -0.4 is 5.32 Å². The normalized spacial score (nSPS) is 12.6. The highest BCUT2D eigenvalue weighted by Gasteiger charge is 2.12. The van der Waals surface area contributed by atoms with E-state index in [1.54, 1.807) is 18.1 Å². The average Bonchev–Trinajstić information content (AvgIpc) is 2.85. The lowest BCUT2D eigenvalue weighted by Gasteiger charge is -2.15. The van der Waals surface area contributed by atoms with Gasteiger partial charge in [-0.25, -0.2) is 4.98 Å². The molecule has 1 heterocycles. The molecule has 0 aliphatic carbocycles. The molecule has 0 radical (unpaired) electrons. The zero-order valence-corrected chi connectivity index (χ0v) is 11.4. The average molecular weight is 263 g/mol. The van der Waals surface area contributed by atoms with E-state index in [1.807, 2.05) is 24.5 Å². The van der Waals surface area contributed by atoms with Crippen LogP contribution in [0.15, 0.2) is 24.5 Å². The van der Waals surface area contributed by atoms with Gasteiger partial charge in [0.15, 0.2) is 0 Å². The third kappa shape index (κ3) is 2.85. The number of hydrogen-bond donors (Lipinski definition) is 2. The van der Waals surface area contributed by atoms with Crippen LogP contribution in [0, 0.1) is 0 Å². The lowest BCUT2D eigenvalue weighted by Crippen LogP contribution is -2.36. The van der Waals surface area contributed by atoms with Crippen molar-refractivity contribution in [3.63, 3.8) is 0 Å². The number of thioether (sulfide) groups is 1. The number of benzene rings is 1. The fourth-order valence-corrected chi connectivity index (χ4v) is 2.53. The highest BCUT2D eigenvalue weighted by molar-refractivity contribution is 7.98. The fourth-order valence-electron chi connectivity index (χ4n) is 1.81. The lowest BCUT2D eigenvalue weighted by molar-refractivity contribution is 0.0940. The van der Waals surface area contributed by atoms with E-state index >= 15 is 0 Å². The molecule has 1 unspecified atom stereocenters. The van der Waals surface area contributed by atoms with Gasteiger partial charge in [0, 0.05) is 17.4 Å². The van der Waals surface area contributed by atoms with E-state index in [0.717, 1.165) is 23.2 Å². The predicted molar refractivity (Wildman–Crippen MR) is 76.0 cm³/mol. The molecule has 1 amide bonds. The standard InChI is InChI=1S/C13H17N3OS/c1-3-10(7-18-2)16-13(17)9-4-5-11-12(6-9)15-8-14-11/h4-6,8,10H,3,7H2,1-2H3,(H,14,15)(H,16,17). The van der Waals surface area contributed by atoms with Gasteiger partial charge in [-0.2, -0.15) is 11.8 Å². The summed E-state index contributed by atoms with van der Waals surface area (Å²) in [7, 11) is 0. The van der Waals surface area contributed by atoms with E-state index in [-0.39, 0.29) is 11.9 Å². The van der Waals surface area contributed by atoms with E-state index in [2.05, 4.69) is 22.2 Å². The number of H-pyrrole nitrogens is 1. The number of carbonyl (C=O) groups is 1. The summed E-state index contributed by atoms with van der Waals surface area (Å²) < 4.78 is 0. The monoisotopic (exact) mass is 263 g/mol. The Hall–Kier alpha value is -1.49. The van der Waals surface area contributed by atoms with Crippen molar-refractivity contribution in [2.75, 3.05) is 12.0 Å². The summed E-state index contributed by atoms with van der Waals surface area (Å²) in [6.07, 6.45) is 4.62. The van der Waals surface area contributed by atoms with Gasteiger partial charge in [0.25, 0.3) is 5.91 Å². The number of rotatable bonds is 5. The molecule has 4 nitrogen and oxygen atoms in total. The van der Waals surface area contributed by atoms with E-state index in [0.29, 0.717) is 5.56 Å². The first-order valence-electron chi connectivity index (χ1n) is 5.97. The Balaban J connectivity index is 2.12. The maximum Gasteiger partial charge on any atom is 0.251 e. The molecule has 0 fully saturated rings. The van der Waals surface area contributed by atoms with Gasteiger partial charge in [-0.1, -0.05) is 6.92 Å². The second-order valence-corrected chi connectivity index (χ2v) is 5.08. The first-order valence-corrected chi connectivity index (χ1v) is 7.37. The Morgan fingerprint density at radius 3 is 3.11 bits per heavy atom. The summed E-state index contributed by atoms with van der Waals surface area (Å²) in [4.78, 5) is 19.2. The number of amides is 1. The van der Waals surface area contributed by atoms with Gasteiger partial charge in [0.05, 0.1) is 17.4 Å². The fraction of sp³-hybridized carbons (Fsp3) is 0.385. The zero-order valence-electron chi connectivity index (χ0n) is 10.6. The molecule has 18 heavy (non-hydrogen) atoms. The van der Waals surface area contributed by atoms with E-state index in [9.17, 15) is 4.79 Å². The Morgan fingerprint density at radius 2 is 2.39 bits per heavy atom. The van der Waals surface area contributed by atoms with Crippen LogP contribution in [0.4, 0.5) is 0 Å². The molecule has 5 heteroatoms. The summed E-state index contributed by atoms with van der Waals surface area (Å²) in [5, 5.41) is 3.05. The van der Waals surface area contributed by atoms with Crippen LogP contribution in [-0.4, -0.2) is 33.9 Å². The smallest absolute Gasteiger partial charge is 0.251 e. The van der Waals surface area contributed by atoms with Gasteiger partial charge in [0.2, 0.25) is 0 Å². The van der Waals surface area contributed by atoms with Gasteiger partial charge >= 0.3 is 0 Å². The van der Waals surface area contributed by atoms with Crippen molar-refractivity contribution in [1.82, 2.24) is 15.3 Å². The maximum atomic E-state index is 12.1. The minimum absolute atomic E-state index is 0.0209. The van der Waals surface area contributed by atoms with Gasteiger partial charge in [-0.15, -0.1) is 0 Å². The molecule has 96 valence electrons. The largest absolute Gasteiger partial charge is 0.348 e. The molecule has 0 saturated heterocycles. The summed E-state index contributed by atoms with van der Waals surface area (Å²) in [6, 6.07) is 5.73. The van der Waals surface area contributed by atoms with E-state index in [1.165, 1.54) is 0 Å². The molecule has 0 spiro atoms. The number of fused-ring (bicyclic) bond motifs is 1. The summed E-state index contributed by atoms with van der Waals surface area (Å²) in [5.74, 6) is 0.918. The van der Waals surface area contributed by atoms with Crippen molar-refractivity contribution >= 4 is 28.7 Å². The zero-order chi connectivity index (χ0) is 13.0. The number of carbonyl (C=O) groups excluding carboxylic acids is 1. The molecule has 1 aromatic carbocycles. The number of nitrogens with one attached hydrogen (secondary N) is 2. The van der Waals surface area contributed by atoms with Crippen LogP contribution in [0.2, 0.25) is 0 Å². The molecular formula is C13H17N3OS. The molecule has 0 aliphatic rings. The Labute approximate surface area is 111 Å². The van der Waals surface area contributed by atoms with Crippen LogP contribution in [0.5, 0.6) is 0 Å².